The summed E-state index contributed by atoms with van der Waals surface area (Å²) < 4.78 is 40.7. The van der Waals surface area contributed by atoms with E-state index in [-0.39, 0.29) is 10.8 Å². The van der Waals surface area contributed by atoms with Gasteiger partial charge < -0.3 is 24.2 Å². The number of sulfonamides is 1. The van der Waals surface area contributed by atoms with Gasteiger partial charge in [0, 0.05) is 50.6 Å². The monoisotopic (exact) mass is 592 g/mol. The number of benzene rings is 3. The van der Waals surface area contributed by atoms with E-state index in [1.165, 1.54) is 11.6 Å². The molecule has 1 amide bonds. The lowest BCUT2D eigenvalue weighted by atomic mass is 10.1. The largest absolute Gasteiger partial charge is 0.495 e. The summed E-state index contributed by atoms with van der Waals surface area (Å²) in [7, 11) is -2.26. The van der Waals surface area contributed by atoms with Crippen molar-refractivity contribution >= 4 is 33.0 Å². The quantitative estimate of drug-likeness (QED) is 0.367. The molecule has 2 aliphatic rings. The Morgan fingerprint density at radius 1 is 0.881 bits per heavy atom. The number of carbonyl (C=O) groups excluding carboxylic acids is 1. The summed E-state index contributed by atoms with van der Waals surface area (Å²) in [5, 5.41) is 0. The number of para-hydroxylation sites is 2. The molecule has 0 atom stereocenters. The first-order chi connectivity index (χ1) is 20.4. The number of carbonyl (C=O) groups is 1. The van der Waals surface area contributed by atoms with Crippen LogP contribution >= 0.6 is 0 Å². The lowest BCUT2D eigenvalue weighted by Gasteiger charge is -2.37. The molecule has 2 fully saturated rings. The number of morpholine rings is 1. The lowest BCUT2D eigenvalue weighted by molar-refractivity contribution is 0.0745. The van der Waals surface area contributed by atoms with Crippen LogP contribution in [-0.2, 0) is 21.2 Å². The Morgan fingerprint density at radius 3 is 2.26 bits per heavy atom. The summed E-state index contributed by atoms with van der Waals surface area (Å²) in [5.74, 6) is 0.626. The van der Waals surface area contributed by atoms with E-state index < -0.39 is 10.0 Å². The molecule has 0 aromatic heterocycles. The highest BCUT2D eigenvalue weighted by Gasteiger charge is 2.29. The molecular formula is C32H40N4O5S. The van der Waals surface area contributed by atoms with Crippen LogP contribution in [0.25, 0.3) is 0 Å². The molecule has 0 aliphatic carbocycles. The summed E-state index contributed by atoms with van der Waals surface area (Å²) in [6.07, 6.45) is 3.16. The molecule has 3 aromatic carbocycles. The number of rotatable bonds is 10. The Kier molecular flexibility index (Phi) is 9.54. The van der Waals surface area contributed by atoms with Gasteiger partial charge in [-0.05, 0) is 60.9 Å². The van der Waals surface area contributed by atoms with Gasteiger partial charge in [0.25, 0.3) is 15.9 Å². The van der Waals surface area contributed by atoms with E-state index in [0.29, 0.717) is 63.7 Å². The normalized spacial score (nSPS) is 15.9. The van der Waals surface area contributed by atoms with E-state index in [9.17, 15) is 13.2 Å². The molecule has 224 valence electrons. The molecule has 0 spiro atoms. The molecule has 0 bridgehead atoms. The van der Waals surface area contributed by atoms with Crippen LogP contribution in [0.3, 0.4) is 0 Å². The number of nitrogens with one attached hydrogen (secondary N) is 1. The van der Waals surface area contributed by atoms with Gasteiger partial charge in [-0.3, -0.25) is 9.52 Å². The minimum atomic E-state index is -3.92. The fraction of sp³-hybridized carbons (Fsp3) is 0.406. The number of hydrogen-bond acceptors (Lipinski definition) is 7. The Balaban J connectivity index is 1.37. The zero-order chi connectivity index (χ0) is 29.5. The fourth-order valence-corrected chi connectivity index (χ4v) is 6.56. The molecule has 5 rings (SSSR count). The highest BCUT2D eigenvalue weighted by atomic mass is 32.2. The van der Waals surface area contributed by atoms with Gasteiger partial charge in [-0.25, -0.2) is 8.42 Å². The van der Waals surface area contributed by atoms with Gasteiger partial charge in [-0.2, -0.15) is 0 Å². The van der Waals surface area contributed by atoms with Gasteiger partial charge in [0.2, 0.25) is 0 Å². The van der Waals surface area contributed by atoms with Crippen molar-refractivity contribution < 1.29 is 22.7 Å². The minimum Gasteiger partial charge on any atom is -0.495 e. The maximum atomic E-state index is 14.0. The maximum Gasteiger partial charge on any atom is 0.261 e. The van der Waals surface area contributed by atoms with E-state index in [1.54, 1.807) is 31.4 Å². The first kappa shape index (κ1) is 29.7. The number of hydrogen-bond donors (Lipinski definition) is 1. The zero-order valence-corrected chi connectivity index (χ0v) is 25.2. The molecule has 0 radical (unpaired) electrons. The predicted molar refractivity (Wildman–Crippen MR) is 166 cm³/mol. The first-order valence-corrected chi connectivity index (χ1v) is 16.1. The molecule has 9 nitrogen and oxygen atoms in total. The number of methoxy groups -OCH3 is 1. The zero-order valence-electron chi connectivity index (χ0n) is 24.4. The molecule has 42 heavy (non-hydrogen) atoms. The highest BCUT2D eigenvalue weighted by Crippen LogP contribution is 2.31. The van der Waals surface area contributed by atoms with Crippen LogP contribution in [0.1, 0.15) is 35.7 Å². The first-order valence-electron chi connectivity index (χ1n) is 14.7. The SMILES string of the molecule is CCCCc1ccc(NS(=O)(=O)c2ccc(N3CCOCC3)c(C(=O)N3CCN(c4ccccc4OC)CC3)c2)cc1. The van der Waals surface area contributed by atoms with Crippen LogP contribution in [0.2, 0.25) is 0 Å². The second-order valence-corrected chi connectivity index (χ2v) is 12.3. The Bertz CT molecular complexity index is 1460. The van der Waals surface area contributed by atoms with Crippen LogP contribution in [0.4, 0.5) is 17.1 Å². The maximum absolute atomic E-state index is 14.0. The number of ether oxygens (including phenoxy) is 2. The third kappa shape index (κ3) is 6.82. The van der Waals surface area contributed by atoms with Crippen LogP contribution in [0.15, 0.2) is 71.6 Å². The van der Waals surface area contributed by atoms with Crippen LogP contribution in [0, 0.1) is 0 Å². The molecule has 2 saturated heterocycles. The molecule has 0 saturated carbocycles. The van der Waals surface area contributed by atoms with Crippen molar-refractivity contribution in [2.45, 2.75) is 31.1 Å². The van der Waals surface area contributed by atoms with Gasteiger partial charge >= 0.3 is 0 Å². The van der Waals surface area contributed by atoms with Crippen molar-refractivity contribution in [2.24, 2.45) is 0 Å². The van der Waals surface area contributed by atoms with Crippen molar-refractivity contribution in [3.63, 3.8) is 0 Å². The second-order valence-electron chi connectivity index (χ2n) is 10.6. The minimum absolute atomic E-state index is 0.0607. The van der Waals surface area contributed by atoms with Crippen LogP contribution < -0.4 is 19.3 Å². The number of aryl methyl sites for hydroxylation is 1. The summed E-state index contributed by atoms with van der Waals surface area (Å²) >= 11 is 0. The summed E-state index contributed by atoms with van der Waals surface area (Å²) in [6, 6.07) is 20.2. The topological polar surface area (TPSA) is 91.4 Å². The van der Waals surface area contributed by atoms with Crippen LogP contribution in [0.5, 0.6) is 5.75 Å². The van der Waals surface area contributed by atoms with Gasteiger partial charge in [-0.1, -0.05) is 37.6 Å². The average molecular weight is 593 g/mol. The van der Waals surface area contributed by atoms with E-state index in [1.807, 2.05) is 41.3 Å². The van der Waals surface area contributed by atoms with E-state index in [4.69, 9.17) is 9.47 Å². The molecular weight excluding hydrogens is 552 g/mol. The standard InChI is InChI=1S/C32H40N4O5S/c1-3-4-7-25-10-12-26(13-11-25)33-42(38,39)27-14-15-29(35-20-22-41-23-21-35)28(24-27)32(37)36-18-16-34(17-19-36)30-8-5-6-9-31(30)40-2/h5-6,8-15,24,33H,3-4,7,16-23H2,1-2H3. The van der Waals surface area contributed by atoms with Crippen molar-refractivity contribution in [3.05, 3.63) is 77.9 Å². The number of amides is 1. The lowest BCUT2D eigenvalue weighted by Crippen LogP contribution is -2.49. The highest BCUT2D eigenvalue weighted by molar-refractivity contribution is 7.92. The molecule has 1 N–H and O–H groups in total. The van der Waals surface area contributed by atoms with E-state index in [0.717, 1.165) is 36.4 Å². The number of anilines is 3. The smallest absolute Gasteiger partial charge is 0.261 e. The van der Waals surface area contributed by atoms with Crippen molar-refractivity contribution in [2.75, 3.05) is 74.1 Å². The third-order valence-corrected chi connectivity index (χ3v) is 9.26. The second kappa shape index (κ2) is 13.5. The van der Waals surface area contributed by atoms with Crippen molar-refractivity contribution in [3.8, 4) is 5.75 Å². The van der Waals surface area contributed by atoms with Crippen molar-refractivity contribution in [1.29, 1.82) is 0 Å². The average Bonchev–Trinajstić information content (AvgIpc) is 3.04. The van der Waals surface area contributed by atoms with Crippen molar-refractivity contribution in [1.82, 2.24) is 4.90 Å². The Morgan fingerprint density at radius 2 is 1.57 bits per heavy atom. The van der Waals surface area contributed by atoms with Gasteiger partial charge in [-0.15, -0.1) is 0 Å². The summed E-state index contributed by atoms with van der Waals surface area (Å²) in [6.45, 7) is 6.85. The predicted octanol–water partition coefficient (Wildman–Crippen LogP) is 4.64. The molecule has 10 heteroatoms. The molecule has 3 aromatic rings. The fourth-order valence-electron chi connectivity index (χ4n) is 5.48. The van der Waals surface area contributed by atoms with E-state index in [2.05, 4.69) is 21.4 Å². The Labute approximate surface area is 249 Å². The summed E-state index contributed by atoms with van der Waals surface area (Å²) in [5.41, 5.74) is 3.79. The Hall–Kier alpha value is -3.76. The molecule has 2 heterocycles. The number of piperazine rings is 1. The van der Waals surface area contributed by atoms with Gasteiger partial charge in [0.1, 0.15) is 5.75 Å². The third-order valence-electron chi connectivity index (χ3n) is 7.88. The number of unbranched alkanes of at least 4 members (excludes halogenated alkanes) is 1. The number of nitrogens with zero attached hydrogens (tertiary/aromatic N) is 3. The molecule has 0 unspecified atom stereocenters. The van der Waals surface area contributed by atoms with Gasteiger partial charge in [0.05, 0.1) is 36.5 Å². The summed E-state index contributed by atoms with van der Waals surface area (Å²) in [4.78, 5) is 20.2. The molecule has 2 aliphatic heterocycles. The van der Waals surface area contributed by atoms with Crippen LogP contribution in [-0.4, -0.2) is 78.8 Å². The van der Waals surface area contributed by atoms with E-state index >= 15 is 0 Å². The van der Waals surface area contributed by atoms with Gasteiger partial charge in [0.15, 0.2) is 0 Å².